The van der Waals surface area contributed by atoms with Crippen LogP contribution in [0.3, 0.4) is 0 Å². The Morgan fingerprint density at radius 1 is 0.658 bits per heavy atom. The summed E-state index contributed by atoms with van der Waals surface area (Å²) >= 11 is 0. The summed E-state index contributed by atoms with van der Waals surface area (Å²) in [4.78, 5) is 39.2. The van der Waals surface area contributed by atoms with Gasteiger partial charge in [0, 0.05) is 5.56 Å². The molecule has 4 rings (SSSR count). The van der Waals surface area contributed by atoms with E-state index in [9.17, 15) is 14.4 Å². The van der Waals surface area contributed by atoms with Crippen molar-refractivity contribution >= 4 is 17.7 Å². The van der Waals surface area contributed by atoms with Gasteiger partial charge in [0.2, 0.25) is 5.91 Å². The number of carbonyl (C=O) groups is 3. The van der Waals surface area contributed by atoms with Crippen molar-refractivity contribution in [1.29, 1.82) is 0 Å². The van der Waals surface area contributed by atoms with Gasteiger partial charge in [-0.1, -0.05) is 129 Å². The van der Waals surface area contributed by atoms with Gasteiger partial charge >= 0.3 is 5.97 Å². The standard InChI is InChI=1S/C33H31NO4/c1-23(2)31(34-32(36)30(27-14-8-4-9-15-27)28-16-10-5-11-17-28)33(37)38-22-29(35)26-20-18-25(19-21-26)24-12-6-3-7-13-24/h3-21,23,30-31H,22H2,1-2H3,(H,34,36)/t31-/m1/s1. The van der Waals surface area contributed by atoms with E-state index in [0.717, 1.165) is 22.3 Å². The summed E-state index contributed by atoms with van der Waals surface area (Å²) in [5.74, 6) is -2.07. The number of esters is 1. The van der Waals surface area contributed by atoms with E-state index in [0.29, 0.717) is 5.56 Å². The highest BCUT2D eigenvalue weighted by Crippen LogP contribution is 2.25. The topological polar surface area (TPSA) is 72.5 Å². The van der Waals surface area contributed by atoms with Gasteiger partial charge in [0.05, 0.1) is 5.92 Å². The Labute approximate surface area is 223 Å². The average molecular weight is 506 g/mol. The lowest BCUT2D eigenvalue weighted by molar-refractivity contribution is -0.148. The Balaban J connectivity index is 1.42. The highest BCUT2D eigenvalue weighted by Gasteiger charge is 2.31. The summed E-state index contributed by atoms with van der Waals surface area (Å²) in [7, 11) is 0. The molecule has 0 aliphatic rings. The Hall–Kier alpha value is -4.51. The minimum Gasteiger partial charge on any atom is -0.456 e. The molecule has 0 aliphatic carbocycles. The number of nitrogens with one attached hydrogen (secondary N) is 1. The van der Waals surface area contributed by atoms with E-state index in [4.69, 9.17) is 4.74 Å². The van der Waals surface area contributed by atoms with E-state index in [-0.39, 0.29) is 17.6 Å². The molecule has 1 atom stereocenters. The Morgan fingerprint density at radius 2 is 1.13 bits per heavy atom. The van der Waals surface area contributed by atoms with Gasteiger partial charge in [-0.05, 0) is 28.2 Å². The first-order valence-corrected chi connectivity index (χ1v) is 12.7. The number of benzene rings is 4. The normalized spacial score (nSPS) is 11.7. The Bertz CT molecular complexity index is 1310. The molecule has 1 N–H and O–H groups in total. The van der Waals surface area contributed by atoms with Crippen LogP contribution in [0.4, 0.5) is 0 Å². The lowest BCUT2D eigenvalue weighted by Gasteiger charge is -2.24. The monoisotopic (exact) mass is 505 g/mol. The first-order chi connectivity index (χ1) is 18.4. The van der Waals surface area contributed by atoms with Crippen LogP contribution in [0.2, 0.25) is 0 Å². The quantitative estimate of drug-likeness (QED) is 0.210. The largest absolute Gasteiger partial charge is 0.456 e. The number of hydrogen-bond acceptors (Lipinski definition) is 4. The number of amides is 1. The van der Waals surface area contributed by atoms with Crippen molar-refractivity contribution < 1.29 is 19.1 Å². The van der Waals surface area contributed by atoms with E-state index in [1.165, 1.54) is 0 Å². The molecule has 0 saturated carbocycles. The van der Waals surface area contributed by atoms with Crippen molar-refractivity contribution in [3.8, 4) is 11.1 Å². The minimum absolute atomic E-state index is 0.237. The second kappa shape index (κ2) is 12.6. The molecule has 0 fully saturated rings. The average Bonchev–Trinajstić information content (AvgIpc) is 2.96. The van der Waals surface area contributed by atoms with Gasteiger partial charge in [0.1, 0.15) is 6.04 Å². The van der Waals surface area contributed by atoms with E-state index in [1.807, 2.05) is 117 Å². The predicted octanol–water partition coefficient (Wildman–Crippen LogP) is 6.05. The molecule has 38 heavy (non-hydrogen) atoms. The molecule has 0 radical (unpaired) electrons. The minimum atomic E-state index is -0.898. The molecule has 4 aromatic rings. The molecule has 0 unspecified atom stereocenters. The molecule has 5 nitrogen and oxygen atoms in total. The Kier molecular flexibility index (Phi) is 8.83. The van der Waals surface area contributed by atoms with Crippen molar-refractivity contribution in [2.75, 3.05) is 6.61 Å². The number of ether oxygens (including phenoxy) is 1. The maximum Gasteiger partial charge on any atom is 0.329 e. The SMILES string of the molecule is CC(C)[C@@H](NC(=O)C(c1ccccc1)c1ccccc1)C(=O)OCC(=O)c1ccc(-c2ccccc2)cc1. The van der Waals surface area contributed by atoms with Gasteiger partial charge in [-0.3, -0.25) is 9.59 Å². The van der Waals surface area contributed by atoms with Crippen LogP contribution >= 0.6 is 0 Å². The van der Waals surface area contributed by atoms with Crippen LogP contribution in [0, 0.1) is 5.92 Å². The van der Waals surface area contributed by atoms with E-state index < -0.39 is 24.5 Å². The number of carbonyl (C=O) groups excluding carboxylic acids is 3. The molecule has 192 valence electrons. The zero-order valence-corrected chi connectivity index (χ0v) is 21.5. The van der Waals surface area contributed by atoms with Crippen molar-refractivity contribution in [2.45, 2.75) is 25.8 Å². The maximum atomic E-state index is 13.5. The van der Waals surface area contributed by atoms with Gasteiger partial charge in [-0.2, -0.15) is 0 Å². The van der Waals surface area contributed by atoms with Crippen LogP contribution in [0.25, 0.3) is 11.1 Å². The maximum absolute atomic E-state index is 13.5. The molecule has 0 spiro atoms. The summed E-state index contributed by atoms with van der Waals surface area (Å²) in [6, 6.07) is 35.0. The molecule has 5 heteroatoms. The summed E-state index contributed by atoms with van der Waals surface area (Å²) in [5, 5.41) is 2.88. The predicted molar refractivity (Wildman–Crippen MR) is 149 cm³/mol. The zero-order valence-electron chi connectivity index (χ0n) is 21.5. The Morgan fingerprint density at radius 3 is 1.63 bits per heavy atom. The van der Waals surface area contributed by atoms with Crippen molar-refractivity contribution in [1.82, 2.24) is 5.32 Å². The van der Waals surface area contributed by atoms with Crippen molar-refractivity contribution in [2.24, 2.45) is 5.92 Å². The summed E-state index contributed by atoms with van der Waals surface area (Å²) in [5.41, 5.74) is 4.14. The second-order valence-electron chi connectivity index (χ2n) is 9.46. The molecule has 0 saturated heterocycles. The van der Waals surface area contributed by atoms with Crippen LogP contribution < -0.4 is 5.32 Å². The van der Waals surface area contributed by atoms with Crippen LogP contribution in [0.1, 0.15) is 41.3 Å². The third kappa shape index (κ3) is 6.62. The van der Waals surface area contributed by atoms with E-state index >= 15 is 0 Å². The zero-order chi connectivity index (χ0) is 26.9. The van der Waals surface area contributed by atoms with Crippen LogP contribution in [0.15, 0.2) is 115 Å². The third-order valence-corrected chi connectivity index (χ3v) is 6.41. The molecule has 0 aromatic heterocycles. The first kappa shape index (κ1) is 26.6. The molecule has 0 heterocycles. The number of rotatable bonds is 10. The van der Waals surface area contributed by atoms with Gasteiger partial charge in [-0.15, -0.1) is 0 Å². The smallest absolute Gasteiger partial charge is 0.329 e. The fourth-order valence-corrected chi connectivity index (χ4v) is 4.31. The lowest BCUT2D eigenvalue weighted by Crippen LogP contribution is -2.47. The number of Topliss-reactive ketones (excluding diaryl/α,β-unsaturated/α-hetero) is 1. The van der Waals surface area contributed by atoms with Gasteiger partial charge < -0.3 is 10.1 Å². The van der Waals surface area contributed by atoms with Crippen LogP contribution in [-0.4, -0.2) is 30.3 Å². The van der Waals surface area contributed by atoms with Crippen LogP contribution in [0.5, 0.6) is 0 Å². The van der Waals surface area contributed by atoms with Gasteiger partial charge in [0.25, 0.3) is 0 Å². The molecule has 1 amide bonds. The summed E-state index contributed by atoms with van der Waals surface area (Å²) in [6.07, 6.45) is 0. The lowest BCUT2D eigenvalue weighted by atomic mass is 9.90. The molecular weight excluding hydrogens is 474 g/mol. The van der Waals surface area contributed by atoms with Crippen LogP contribution in [-0.2, 0) is 14.3 Å². The van der Waals surface area contributed by atoms with E-state index in [2.05, 4.69) is 5.32 Å². The fraction of sp³-hybridized carbons (Fsp3) is 0.182. The van der Waals surface area contributed by atoms with Gasteiger partial charge in [0.15, 0.2) is 12.4 Å². The number of ketones is 1. The first-order valence-electron chi connectivity index (χ1n) is 12.7. The fourth-order valence-electron chi connectivity index (χ4n) is 4.31. The van der Waals surface area contributed by atoms with E-state index in [1.54, 1.807) is 12.1 Å². The highest BCUT2D eigenvalue weighted by molar-refractivity contribution is 5.99. The third-order valence-electron chi connectivity index (χ3n) is 6.41. The second-order valence-corrected chi connectivity index (χ2v) is 9.46. The van der Waals surface area contributed by atoms with Crippen molar-refractivity contribution in [3.05, 3.63) is 132 Å². The van der Waals surface area contributed by atoms with Gasteiger partial charge in [-0.25, -0.2) is 4.79 Å². The molecule has 0 bridgehead atoms. The molecule has 0 aliphatic heterocycles. The van der Waals surface area contributed by atoms with Crippen molar-refractivity contribution in [3.63, 3.8) is 0 Å². The molecule has 4 aromatic carbocycles. The summed E-state index contributed by atoms with van der Waals surface area (Å²) in [6.45, 7) is 3.26. The summed E-state index contributed by atoms with van der Waals surface area (Å²) < 4.78 is 5.39. The molecular formula is C33H31NO4. The number of hydrogen-bond donors (Lipinski definition) is 1. The highest BCUT2D eigenvalue weighted by atomic mass is 16.5.